The molecular weight excluding hydrogens is 312 g/mol. The number of aromatic nitrogens is 3. The van der Waals surface area contributed by atoms with Gasteiger partial charge in [0.1, 0.15) is 5.82 Å². The molecule has 0 spiro atoms. The van der Waals surface area contributed by atoms with E-state index in [4.69, 9.17) is 0 Å². The van der Waals surface area contributed by atoms with E-state index in [1.165, 1.54) is 0 Å². The summed E-state index contributed by atoms with van der Waals surface area (Å²) < 4.78 is 0. The van der Waals surface area contributed by atoms with Gasteiger partial charge in [-0.25, -0.2) is 4.98 Å². The maximum absolute atomic E-state index is 12.5. The number of hydrogen-bond donors (Lipinski definition) is 2. The van der Waals surface area contributed by atoms with Gasteiger partial charge in [-0.2, -0.15) is 0 Å². The molecule has 5 heteroatoms. The molecule has 1 unspecified atom stereocenters. The molecule has 0 bridgehead atoms. The fourth-order valence-corrected chi connectivity index (χ4v) is 2.76. The lowest BCUT2D eigenvalue weighted by Gasteiger charge is -2.17. The van der Waals surface area contributed by atoms with Crippen LogP contribution in [0.2, 0.25) is 0 Å². The van der Waals surface area contributed by atoms with E-state index in [0.29, 0.717) is 5.82 Å². The van der Waals surface area contributed by atoms with Crippen molar-refractivity contribution in [3.8, 4) is 11.4 Å². The Morgan fingerprint density at radius 2 is 1.88 bits per heavy atom. The monoisotopic (exact) mass is 334 g/mol. The minimum atomic E-state index is -0.289. The maximum Gasteiger partial charge on any atom is 0.162 e. The van der Waals surface area contributed by atoms with Crippen LogP contribution in [0.25, 0.3) is 11.4 Å². The van der Waals surface area contributed by atoms with E-state index in [9.17, 15) is 4.79 Å². The summed E-state index contributed by atoms with van der Waals surface area (Å²) in [4.78, 5) is 24.3. The molecule has 25 heavy (non-hydrogen) atoms. The lowest BCUT2D eigenvalue weighted by Crippen LogP contribution is -2.28. The van der Waals surface area contributed by atoms with Crippen LogP contribution in [0.3, 0.4) is 0 Å². The first-order chi connectivity index (χ1) is 12.0. The molecule has 3 aromatic rings. The second-order valence-corrected chi connectivity index (χ2v) is 6.23. The SMILES string of the molecule is Cc1cccc(C)c1NC(C)C(=O)Cc1ncc(-c2ccccn2)[nH]1. The third kappa shape index (κ3) is 3.94. The molecule has 2 heterocycles. The molecule has 1 aromatic carbocycles. The summed E-state index contributed by atoms with van der Waals surface area (Å²) in [6, 6.07) is 11.5. The van der Waals surface area contributed by atoms with Gasteiger partial charge in [0, 0.05) is 11.9 Å². The number of aromatic amines is 1. The van der Waals surface area contributed by atoms with Gasteiger partial charge in [-0.15, -0.1) is 0 Å². The van der Waals surface area contributed by atoms with Gasteiger partial charge in [-0.1, -0.05) is 24.3 Å². The van der Waals surface area contributed by atoms with Crippen molar-refractivity contribution in [3.05, 3.63) is 65.7 Å². The number of H-pyrrole nitrogens is 1. The Hall–Kier alpha value is -2.95. The highest BCUT2D eigenvalue weighted by molar-refractivity contribution is 5.88. The van der Waals surface area contributed by atoms with Gasteiger partial charge < -0.3 is 10.3 Å². The minimum absolute atomic E-state index is 0.0876. The highest BCUT2D eigenvalue weighted by Crippen LogP contribution is 2.21. The number of benzene rings is 1. The van der Waals surface area contributed by atoms with Crippen LogP contribution >= 0.6 is 0 Å². The Kier molecular flexibility index (Phi) is 4.93. The van der Waals surface area contributed by atoms with E-state index in [-0.39, 0.29) is 18.2 Å². The molecule has 5 nitrogen and oxygen atoms in total. The number of imidazole rings is 1. The number of para-hydroxylation sites is 1. The summed E-state index contributed by atoms with van der Waals surface area (Å²) in [5.74, 6) is 0.741. The second-order valence-electron chi connectivity index (χ2n) is 6.23. The molecular formula is C20H22N4O. The number of ketones is 1. The van der Waals surface area contributed by atoms with Crippen molar-refractivity contribution in [1.29, 1.82) is 0 Å². The zero-order chi connectivity index (χ0) is 17.8. The van der Waals surface area contributed by atoms with Crippen molar-refractivity contribution in [2.45, 2.75) is 33.2 Å². The Bertz CT molecular complexity index is 850. The van der Waals surface area contributed by atoms with Crippen LogP contribution in [-0.4, -0.2) is 26.8 Å². The summed E-state index contributed by atoms with van der Waals surface area (Å²) in [6.45, 7) is 5.97. The summed E-state index contributed by atoms with van der Waals surface area (Å²) >= 11 is 0. The summed E-state index contributed by atoms with van der Waals surface area (Å²) in [5.41, 5.74) is 4.93. The number of nitrogens with one attached hydrogen (secondary N) is 2. The third-order valence-corrected chi connectivity index (χ3v) is 4.24. The quantitative estimate of drug-likeness (QED) is 0.721. The standard InChI is InChI=1S/C20H22N4O/c1-13-7-6-8-14(2)20(13)23-15(3)18(25)11-19-22-12-17(24-19)16-9-4-5-10-21-16/h4-10,12,15,23H,11H2,1-3H3,(H,22,24). The van der Waals surface area contributed by atoms with Gasteiger partial charge in [0.15, 0.2) is 5.78 Å². The molecule has 2 N–H and O–H groups in total. The van der Waals surface area contributed by atoms with E-state index in [2.05, 4.69) is 20.3 Å². The summed E-state index contributed by atoms with van der Waals surface area (Å²) in [5, 5.41) is 3.33. The number of carbonyl (C=O) groups is 1. The number of rotatable bonds is 6. The van der Waals surface area contributed by atoms with Crippen LogP contribution < -0.4 is 5.32 Å². The number of Topliss-reactive ketones (excluding diaryl/α,β-unsaturated/α-hetero) is 1. The van der Waals surface area contributed by atoms with Crippen LogP contribution in [0.5, 0.6) is 0 Å². The normalized spacial score (nSPS) is 12.0. The van der Waals surface area contributed by atoms with E-state index in [1.54, 1.807) is 12.4 Å². The van der Waals surface area contributed by atoms with Gasteiger partial charge in [-0.3, -0.25) is 9.78 Å². The Morgan fingerprint density at radius 1 is 1.12 bits per heavy atom. The molecule has 0 aliphatic heterocycles. The summed E-state index contributed by atoms with van der Waals surface area (Å²) in [6.07, 6.45) is 3.71. The average Bonchev–Trinajstić information content (AvgIpc) is 3.07. The highest BCUT2D eigenvalue weighted by atomic mass is 16.1. The molecule has 0 fully saturated rings. The van der Waals surface area contributed by atoms with Crippen LogP contribution in [0, 0.1) is 13.8 Å². The van der Waals surface area contributed by atoms with Crippen LogP contribution in [-0.2, 0) is 11.2 Å². The molecule has 3 rings (SSSR count). The van der Waals surface area contributed by atoms with Gasteiger partial charge >= 0.3 is 0 Å². The molecule has 0 saturated heterocycles. The molecule has 0 aliphatic rings. The highest BCUT2D eigenvalue weighted by Gasteiger charge is 2.17. The van der Waals surface area contributed by atoms with Crippen molar-refractivity contribution >= 4 is 11.5 Å². The lowest BCUT2D eigenvalue weighted by molar-refractivity contribution is -0.118. The van der Waals surface area contributed by atoms with E-state index < -0.39 is 0 Å². The Morgan fingerprint density at radius 3 is 2.56 bits per heavy atom. The molecule has 0 aliphatic carbocycles. The van der Waals surface area contributed by atoms with Crippen LogP contribution in [0.1, 0.15) is 23.9 Å². The first-order valence-electron chi connectivity index (χ1n) is 8.35. The van der Waals surface area contributed by atoms with E-state index in [0.717, 1.165) is 28.2 Å². The van der Waals surface area contributed by atoms with Gasteiger partial charge in [0.05, 0.1) is 30.0 Å². The van der Waals surface area contributed by atoms with Crippen molar-refractivity contribution in [1.82, 2.24) is 15.0 Å². The zero-order valence-corrected chi connectivity index (χ0v) is 14.7. The maximum atomic E-state index is 12.5. The molecule has 0 radical (unpaired) electrons. The average molecular weight is 334 g/mol. The Labute approximate surface area is 147 Å². The smallest absolute Gasteiger partial charge is 0.162 e. The topological polar surface area (TPSA) is 70.7 Å². The summed E-state index contributed by atoms with van der Waals surface area (Å²) in [7, 11) is 0. The van der Waals surface area contributed by atoms with Crippen molar-refractivity contribution in [2.24, 2.45) is 0 Å². The molecule has 1 atom stereocenters. The number of aryl methyl sites for hydroxylation is 2. The fourth-order valence-electron chi connectivity index (χ4n) is 2.76. The van der Waals surface area contributed by atoms with Crippen molar-refractivity contribution in [2.75, 3.05) is 5.32 Å². The number of pyridine rings is 1. The van der Waals surface area contributed by atoms with E-state index in [1.807, 2.05) is 57.2 Å². The number of nitrogens with zero attached hydrogens (tertiary/aromatic N) is 2. The number of carbonyl (C=O) groups excluding carboxylic acids is 1. The zero-order valence-electron chi connectivity index (χ0n) is 14.7. The second kappa shape index (κ2) is 7.30. The molecule has 0 amide bonds. The number of hydrogen-bond acceptors (Lipinski definition) is 4. The van der Waals surface area contributed by atoms with Gasteiger partial charge in [-0.05, 0) is 44.0 Å². The molecule has 2 aromatic heterocycles. The predicted octanol–water partition coefficient (Wildman–Crippen LogP) is 3.70. The lowest BCUT2D eigenvalue weighted by atomic mass is 10.1. The first-order valence-corrected chi connectivity index (χ1v) is 8.35. The largest absolute Gasteiger partial charge is 0.375 e. The number of anilines is 1. The van der Waals surface area contributed by atoms with E-state index >= 15 is 0 Å². The van der Waals surface area contributed by atoms with Crippen molar-refractivity contribution in [3.63, 3.8) is 0 Å². The predicted molar refractivity (Wildman–Crippen MR) is 99.5 cm³/mol. The Balaban J connectivity index is 1.67. The van der Waals surface area contributed by atoms with Crippen LogP contribution in [0.4, 0.5) is 5.69 Å². The van der Waals surface area contributed by atoms with Crippen LogP contribution in [0.15, 0.2) is 48.8 Å². The fraction of sp³-hybridized carbons (Fsp3) is 0.250. The van der Waals surface area contributed by atoms with Gasteiger partial charge in [0.2, 0.25) is 0 Å². The molecule has 0 saturated carbocycles. The van der Waals surface area contributed by atoms with Crippen molar-refractivity contribution < 1.29 is 4.79 Å². The van der Waals surface area contributed by atoms with Gasteiger partial charge in [0.25, 0.3) is 0 Å². The third-order valence-electron chi connectivity index (χ3n) is 4.24. The minimum Gasteiger partial charge on any atom is -0.375 e. The first kappa shape index (κ1) is 16.9. The molecule has 128 valence electrons.